The van der Waals surface area contributed by atoms with Gasteiger partial charge < -0.3 is 35.1 Å². The van der Waals surface area contributed by atoms with Crippen molar-refractivity contribution >= 4 is 17.6 Å². The fourth-order valence-corrected chi connectivity index (χ4v) is 10.2. The van der Waals surface area contributed by atoms with Crippen LogP contribution in [0.25, 0.3) is 0 Å². The van der Waals surface area contributed by atoms with Gasteiger partial charge in [0, 0.05) is 41.4 Å². The molecule has 0 radical (unpaired) electrons. The van der Waals surface area contributed by atoms with Crippen LogP contribution >= 0.6 is 0 Å². The summed E-state index contributed by atoms with van der Waals surface area (Å²) in [5, 5.41) is 15.2. The highest BCUT2D eigenvalue weighted by Gasteiger charge is 2.78. The second-order valence-electron chi connectivity index (χ2n) is 13.8. The Morgan fingerprint density at radius 2 is 2.02 bits per heavy atom. The molecule has 2 unspecified atom stereocenters. The van der Waals surface area contributed by atoms with E-state index in [-0.39, 0.29) is 43.5 Å². The average Bonchev–Trinajstić information content (AvgIpc) is 3.70. The van der Waals surface area contributed by atoms with Crippen LogP contribution in [0.2, 0.25) is 0 Å². The monoisotopic (exact) mass is 581 g/mol. The van der Waals surface area contributed by atoms with E-state index in [1.54, 1.807) is 6.21 Å². The molecule has 2 saturated heterocycles. The van der Waals surface area contributed by atoms with Gasteiger partial charge in [-0.15, -0.1) is 0 Å². The van der Waals surface area contributed by atoms with E-state index in [2.05, 4.69) is 19.2 Å². The summed E-state index contributed by atoms with van der Waals surface area (Å²) >= 11 is 0. The highest BCUT2D eigenvalue weighted by molar-refractivity contribution is 5.84. The molecule has 2 heterocycles. The maximum atomic E-state index is 18.2. The Morgan fingerprint density at radius 1 is 1.19 bits per heavy atom. The highest BCUT2D eigenvalue weighted by Crippen LogP contribution is 2.73. The predicted molar refractivity (Wildman–Crippen MR) is 158 cm³/mol. The molecule has 0 amide bonds. The quantitative estimate of drug-likeness (QED) is 0.429. The van der Waals surface area contributed by atoms with Gasteiger partial charge in [0.25, 0.3) is 0 Å². The van der Waals surface area contributed by atoms with E-state index in [1.807, 2.05) is 44.3 Å². The van der Waals surface area contributed by atoms with Crippen molar-refractivity contribution in [2.75, 3.05) is 32.6 Å². The van der Waals surface area contributed by atoms with Gasteiger partial charge in [-0.3, -0.25) is 4.99 Å². The van der Waals surface area contributed by atoms with Crippen molar-refractivity contribution in [2.24, 2.45) is 39.3 Å². The van der Waals surface area contributed by atoms with E-state index in [1.165, 1.54) is 0 Å². The standard InChI is InChI=1S/C33H44FN3O5/c1-19-10-25-24-9-8-21-11-26(35)20(15-37-23-7-5-6-22(12-23)36-4)13-30(21,2)32(24,34)28(38)14-31(25,3)33(19)29(41-18-42-33)27-16-39-17-40-27/h5-7,11-12,15,19,24-25,27-29,36,38H,8-10,13-14,16-18,35H2,1-4H3/t19-,24-,25-,27?,28-,29?,30-,31-,32-,33-/m0/s1. The number of nitrogens with one attached hydrogen (secondary N) is 1. The van der Waals surface area contributed by atoms with E-state index in [0.29, 0.717) is 31.6 Å². The minimum Gasteiger partial charge on any atom is -0.398 e. The number of hydrogen-bond donors (Lipinski definition) is 3. The fraction of sp³-hybridized carbons (Fsp3) is 0.667. The van der Waals surface area contributed by atoms with Gasteiger partial charge >= 0.3 is 0 Å². The van der Waals surface area contributed by atoms with Gasteiger partial charge in [-0.05, 0) is 73.8 Å². The van der Waals surface area contributed by atoms with Crippen molar-refractivity contribution < 1.29 is 28.4 Å². The zero-order valence-corrected chi connectivity index (χ0v) is 25.1. The SMILES string of the molecule is CNc1cccc(N=CC2=C(N)C=C3CC[C@H]4[C@@H]5C[C@H](C)[C@@]6(OCOC6C6COCO6)[C@@]5(C)C[C@H](O)[C@]4(F)[C@@]3(C)C2)c1. The number of hydrogen-bond acceptors (Lipinski definition) is 8. The van der Waals surface area contributed by atoms with E-state index < -0.39 is 28.2 Å². The normalized spacial score (nSPS) is 46.6. The number of rotatable bonds is 4. The maximum Gasteiger partial charge on any atom is 0.149 e. The molecule has 1 aromatic carbocycles. The number of allylic oxidation sites excluding steroid dienone is 3. The Morgan fingerprint density at radius 3 is 2.79 bits per heavy atom. The lowest BCUT2D eigenvalue weighted by Crippen LogP contribution is -2.70. The Kier molecular flexibility index (Phi) is 6.68. The number of aliphatic imine (C=N–C) groups is 1. The lowest BCUT2D eigenvalue weighted by atomic mass is 9.43. The molecule has 1 spiro atoms. The first kappa shape index (κ1) is 28.5. The molecule has 6 aliphatic rings. The lowest BCUT2D eigenvalue weighted by Gasteiger charge is -2.64. The van der Waals surface area contributed by atoms with Crippen molar-refractivity contribution in [3.8, 4) is 0 Å². The van der Waals surface area contributed by atoms with Crippen molar-refractivity contribution in [1.29, 1.82) is 0 Å². The Hall–Kier alpha value is -2.30. The smallest absolute Gasteiger partial charge is 0.149 e. The van der Waals surface area contributed by atoms with Crippen LogP contribution in [0.5, 0.6) is 0 Å². The van der Waals surface area contributed by atoms with Gasteiger partial charge in [-0.25, -0.2) is 4.39 Å². The molecule has 9 heteroatoms. The predicted octanol–water partition coefficient (Wildman–Crippen LogP) is 5.01. The van der Waals surface area contributed by atoms with Crippen molar-refractivity contribution in [3.05, 3.63) is 47.2 Å². The summed E-state index contributed by atoms with van der Waals surface area (Å²) < 4.78 is 42.4. The van der Waals surface area contributed by atoms with E-state index in [9.17, 15) is 5.11 Å². The largest absolute Gasteiger partial charge is 0.398 e. The van der Waals surface area contributed by atoms with Gasteiger partial charge in [0.2, 0.25) is 0 Å². The number of benzene rings is 1. The third kappa shape index (κ3) is 3.67. The van der Waals surface area contributed by atoms with Gasteiger partial charge in [-0.2, -0.15) is 0 Å². The molecule has 5 fully saturated rings. The summed E-state index contributed by atoms with van der Waals surface area (Å²) in [5.41, 5.74) is 6.85. The average molecular weight is 582 g/mol. The second-order valence-corrected chi connectivity index (χ2v) is 13.8. The first-order chi connectivity index (χ1) is 20.1. The van der Waals surface area contributed by atoms with Gasteiger partial charge in [0.15, 0.2) is 0 Å². The minimum absolute atomic E-state index is 0.0236. The number of anilines is 1. The Balaban J connectivity index is 1.23. The molecule has 228 valence electrons. The molecular formula is C33H44FN3O5. The third-order valence-electron chi connectivity index (χ3n) is 12.2. The lowest BCUT2D eigenvalue weighted by molar-refractivity contribution is -0.235. The van der Waals surface area contributed by atoms with Crippen LogP contribution in [0.3, 0.4) is 0 Å². The van der Waals surface area contributed by atoms with Crippen LogP contribution in [0, 0.1) is 28.6 Å². The molecular weight excluding hydrogens is 537 g/mol. The Bertz CT molecular complexity index is 1340. The number of ether oxygens (including phenoxy) is 4. The van der Waals surface area contributed by atoms with Crippen LogP contribution in [-0.4, -0.2) is 68.1 Å². The number of alkyl halides is 1. The van der Waals surface area contributed by atoms with Crippen LogP contribution in [0.15, 0.2) is 52.2 Å². The topological polar surface area (TPSA) is 108 Å². The molecule has 10 atom stereocenters. The van der Waals surface area contributed by atoms with E-state index in [0.717, 1.165) is 35.4 Å². The van der Waals surface area contributed by atoms with E-state index >= 15 is 4.39 Å². The second kappa shape index (κ2) is 9.86. The summed E-state index contributed by atoms with van der Waals surface area (Å²) in [6.07, 6.45) is 4.93. The first-order valence-corrected chi connectivity index (χ1v) is 15.4. The van der Waals surface area contributed by atoms with Crippen LogP contribution in [0.1, 0.15) is 52.9 Å². The molecule has 4 aliphatic carbocycles. The molecule has 8 nitrogen and oxygen atoms in total. The molecule has 4 N–H and O–H groups in total. The molecule has 0 bridgehead atoms. The zero-order chi connectivity index (χ0) is 29.5. The summed E-state index contributed by atoms with van der Waals surface area (Å²) in [4.78, 5) is 4.70. The van der Waals surface area contributed by atoms with Crippen LogP contribution < -0.4 is 11.1 Å². The number of nitrogens with zero attached hydrogens (tertiary/aromatic N) is 1. The molecule has 1 aromatic rings. The fourth-order valence-electron chi connectivity index (χ4n) is 10.2. The number of fused-ring (bicyclic) bond motifs is 6. The molecule has 0 aromatic heterocycles. The van der Waals surface area contributed by atoms with Crippen molar-refractivity contribution in [1.82, 2.24) is 0 Å². The number of aliphatic hydroxyl groups excluding tert-OH is 1. The minimum atomic E-state index is -1.82. The molecule has 42 heavy (non-hydrogen) atoms. The van der Waals surface area contributed by atoms with Crippen molar-refractivity contribution in [3.63, 3.8) is 0 Å². The summed E-state index contributed by atoms with van der Waals surface area (Å²) in [6.45, 7) is 7.26. The number of halogens is 1. The highest BCUT2D eigenvalue weighted by atomic mass is 19.1. The van der Waals surface area contributed by atoms with Crippen molar-refractivity contribution in [2.45, 2.75) is 82.5 Å². The summed E-state index contributed by atoms with van der Waals surface area (Å²) in [6, 6.07) is 7.81. The van der Waals surface area contributed by atoms with Gasteiger partial charge in [0.1, 0.15) is 37.1 Å². The summed E-state index contributed by atoms with van der Waals surface area (Å²) in [5.74, 6) is -0.192. The molecule has 2 aliphatic heterocycles. The van der Waals surface area contributed by atoms with Crippen LogP contribution in [-0.2, 0) is 18.9 Å². The number of nitrogens with two attached hydrogens (primary N) is 1. The summed E-state index contributed by atoms with van der Waals surface area (Å²) in [7, 11) is 1.87. The van der Waals surface area contributed by atoms with Gasteiger partial charge in [-0.1, -0.05) is 32.4 Å². The molecule has 3 saturated carbocycles. The van der Waals surface area contributed by atoms with Crippen LogP contribution in [0.4, 0.5) is 15.8 Å². The third-order valence-corrected chi connectivity index (χ3v) is 12.2. The molecule has 7 rings (SSSR count). The Labute approximate surface area is 247 Å². The van der Waals surface area contributed by atoms with Gasteiger partial charge in [0.05, 0.1) is 18.4 Å². The zero-order valence-electron chi connectivity index (χ0n) is 25.1. The first-order valence-electron chi connectivity index (χ1n) is 15.4. The van der Waals surface area contributed by atoms with E-state index in [4.69, 9.17) is 29.7 Å². The number of aliphatic hydroxyl groups is 1. The maximum absolute atomic E-state index is 18.2.